The number of pyridine rings is 1. The zero-order valence-corrected chi connectivity index (χ0v) is 14.0. The molecule has 0 aliphatic heterocycles. The number of hydrogen-bond acceptors (Lipinski definition) is 3. The molecule has 0 radical (unpaired) electrons. The molecule has 2 aromatic heterocycles. The van der Waals surface area contributed by atoms with Crippen LogP contribution in [0.25, 0.3) is 5.65 Å². The monoisotopic (exact) mass is 323 g/mol. The molecule has 0 fully saturated rings. The molecule has 0 atom stereocenters. The van der Waals surface area contributed by atoms with E-state index in [-0.39, 0.29) is 5.91 Å². The Morgan fingerprint density at radius 1 is 1.17 bits per heavy atom. The Morgan fingerprint density at radius 2 is 1.96 bits per heavy atom. The smallest absolute Gasteiger partial charge is 0.274 e. The molecule has 1 N–H and O–H groups in total. The van der Waals surface area contributed by atoms with Crippen LogP contribution in [0, 0.1) is 0 Å². The van der Waals surface area contributed by atoms with Crippen molar-refractivity contribution in [1.29, 1.82) is 0 Å². The molecule has 2 heterocycles. The number of rotatable bonds is 6. The molecule has 0 aliphatic rings. The fraction of sp³-hybridized carbons (Fsp3) is 0.263. The molecule has 3 rings (SSSR count). The van der Waals surface area contributed by atoms with E-state index in [2.05, 4.69) is 17.2 Å². The highest BCUT2D eigenvalue weighted by Gasteiger charge is 2.18. The number of imidazole rings is 1. The molecular weight excluding hydrogens is 302 g/mol. The topological polar surface area (TPSA) is 55.6 Å². The van der Waals surface area contributed by atoms with E-state index < -0.39 is 0 Å². The Labute approximate surface area is 141 Å². The van der Waals surface area contributed by atoms with Crippen LogP contribution in [0.5, 0.6) is 5.75 Å². The quantitative estimate of drug-likeness (QED) is 0.747. The Hall–Kier alpha value is -2.82. The largest absolute Gasteiger partial charge is 0.494 e. The maximum atomic E-state index is 12.8. The number of aromatic nitrogens is 2. The molecule has 0 aliphatic carbocycles. The van der Waals surface area contributed by atoms with Crippen molar-refractivity contribution < 1.29 is 9.53 Å². The minimum absolute atomic E-state index is 0.152. The van der Waals surface area contributed by atoms with E-state index in [0.717, 1.165) is 35.6 Å². The van der Waals surface area contributed by atoms with Crippen molar-refractivity contribution >= 4 is 17.2 Å². The van der Waals surface area contributed by atoms with Crippen molar-refractivity contribution in [3.8, 4) is 5.75 Å². The van der Waals surface area contributed by atoms with Crippen LogP contribution >= 0.6 is 0 Å². The maximum absolute atomic E-state index is 12.8. The normalized spacial score (nSPS) is 10.8. The van der Waals surface area contributed by atoms with Crippen LogP contribution in [0.15, 0.2) is 48.7 Å². The molecule has 1 amide bonds. The Morgan fingerprint density at radius 3 is 2.67 bits per heavy atom. The molecule has 0 saturated heterocycles. The van der Waals surface area contributed by atoms with E-state index in [0.29, 0.717) is 12.3 Å². The number of carbonyl (C=O) groups is 1. The lowest BCUT2D eigenvalue weighted by Crippen LogP contribution is -2.16. The summed E-state index contributed by atoms with van der Waals surface area (Å²) in [4.78, 5) is 17.4. The minimum Gasteiger partial charge on any atom is -0.494 e. The third kappa shape index (κ3) is 3.25. The molecule has 1 aromatic carbocycles. The SMILES string of the molecule is CCCc1nc2ccccn2c1C(=O)Nc1ccc(OCC)cc1. The molecule has 24 heavy (non-hydrogen) atoms. The molecule has 5 nitrogen and oxygen atoms in total. The number of ether oxygens (including phenoxy) is 1. The molecule has 0 spiro atoms. The lowest BCUT2D eigenvalue weighted by molar-refractivity contribution is 0.102. The average molecular weight is 323 g/mol. The number of fused-ring (bicyclic) bond motifs is 1. The standard InChI is InChI=1S/C19H21N3O2/c1-3-7-16-18(22-13-6-5-8-17(22)21-16)19(23)20-14-9-11-15(12-10-14)24-4-2/h5-6,8-13H,3-4,7H2,1-2H3,(H,20,23). The molecule has 124 valence electrons. The zero-order valence-electron chi connectivity index (χ0n) is 14.0. The lowest BCUT2D eigenvalue weighted by Gasteiger charge is -2.08. The fourth-order valence-electron chi connectivity index (χ4n) is 2.69. The third-order valence-electron chi connectivity index (χ3n) is 3.73. The molecule has 3 aromatic rings. The molecule has 0 saturated carbocycles. The summed E-state index contributed by atoms with van der Waals surface area (Å²) in [6.45, 7) is 4.64. The van der Waals surface area contributed by atoms with Gasteiger partial charge >= 0.3 is 0 Å². The summed E-state index contributed by atoms with van der Waals surface area (Å²) in [5, 5.41) is 2.95. The number of nitrogens with one attached hydrogen (secondary N) is 1. The van der Waals surface area contributed by atoms with Gasteiger partial charge in [0.15, 0.2) is 0 Å². The van der Waals surface area contributed by atoms with Gasteiger partial charge in [-0.1, -0.05) is 19.4 Å². The van der Waals surface area contributed by atoms with Gasteiger partial charge in [0.05, 0.1) is 12.3 Å². The second-order valence-corrected chi connectivity index (χ2v) is 5.50. The highest BCUT2D eigenvalue weighted by Crippen LogP contribution is 2.19. The van der Waals surface area contributed by atoms with Crippen LogP contribution in [0.3, 0.4) is 0 Å². The Kier molecular flexibility index (Phi) is 4.79. The number of nitrogens with zero attached hydrogens (tertiary/aromatic N) is 2. The van der Waals surface area contributed by atoms with Crippen LogP contribution in [0.1, 0.15) is 36.5 Å². The summed E-state index contributed by atoms with van der Waals surface area (Å²) < 4.78 is 7.26. The Balaban J connectivity index is 1.89. The van der Waals surface area contributed by atoms with Crippen LogP contribution < -0.4 is 10.1 Å². The van der Waals surface area contributed by atoms with Crippen LogP contribution in [0.4, 0.5) is 5.69 Å². The first kappa shape index (κ1) is 16.1. The van der Waals surface area contributed by atoms with Gasteiger partial charge < -0.3 is 10.1 Å². The predicted octanol–water partition coefficient (Wildman–Crippen LogP) is 3.94. The first-order chi connectivity index (χ1) is 11.7. The van der Waals surface area contributed by atoms with E-state index in [1.54, 1.807) is 0 Å². The van der Waals surface area contributed by atoms with E-state index in [9.17, 15) is 4.79 Å². The van der Waals surface area contributed by atoms with Crippen molar-refractivity contribution in [1.82, 2.24) is 9.38 Å². The second-order valence-electron chi connectivity index (χ2n) is 5.50. The van der Waals surface area contributed by atoms with Crippen LogP contribution in [-0.4, -0.2) is 21.9 Å². The predicted molar refractivity (Wildman–Crippen MR) is 94.8 cm³/mol. The van der Waals surface area contributed by atoms with E-state index in [4.69, 9.17) is 4.74 Å². The van der Waals surface area contributed by atoms with Gasteiger partial charge in [-0.3, -0.25) is 9.20 Å². The van der Waals surface area contributed by atoms with Gasteiger partial charge in [0.1, 0.15) is 17.1 Å². The number of anilines is 1. The van der Waals surface area contributed by atoms with Crippen molar-refractivity contribution in [2.45, 2.75) is 26.7 Å². The van der Waals surface area contributed by atoms with Crippen LogP contribution in [0.2, 0.25) is 0 Å². The van der Waals surface area contributed by atoms with Gasteiger partial charge in [0, 0.05) is 11.9 Å². The fourth-order valence-corrected chi connectivity index (χ4v) is 2.69. The van der Waals surface area contributed by atoms with E-state index in [1.807, 2.05) is 60.0 Å². The van der Waals surface area contributed by atoms with Crippen molar-refractivity contribution in [3.05, 3.63) is 60.0 Å². The lowest BCUT2D eigenvalue weighted by atomic mass is 10.2. The summed E-state index contributed by atoms with van der Waals surface area (Å²) in [5.74, 6) is 0.637. The summed E-state index contributed by atoms with van der Waals surface area (Å²) in [6, 6.07) is 13.1. The van der Waals surface area contributed by atoms with Crippen molar-refractivity contribution in [2.75, 3.05) is 11.9 Å². The highest BCUT2D eigenvalue weighted by molar-refractivity contribution is 6.04. The molecule has 0 bridgehead atoms. The van der Waals surface area contributed by atoms with Crippen LogP contribution in [-0.2, 0) is 6.42 Å². The molecule has 0 unspecified atom stereocenters. The third-order valence-corrected chi connectivity index (χ3v) is 3.73. The van der Waals surface area contributed by atoms with Gasteiger partial charge in [-0.25, -0.2) is 4.98 Å². The number of carbonyl (C=O) groups excluding carboxylic acids is 1. The summed E-state index contributed by atoms with van der Waals surface area (Å²) in [5.41, 5.74) is 2.95. The van der Waals surface area contributed by atoms with Crippen molar-refractivity contribution in [2.24, 2.45) is 0 Å². The van der Waals surface area contributed by atoms with E-state index in [1.165, 1.54) is 0 Å². The minimum atomic E-state index is -0.152. The first-order valence-corrected chi connectivity index (χ1v) is 8.23. The van der Waals surface area contributed by atoms with Gasteiger partial charge in [0.25, 0.3) is 5.91 Å². The molecular formula is C19H21N3O2. The first-order valence-electron chi connectivity index (χ1n) is 8.23. The van der Waals surface area contributed by atoms with E-state index >= 15 is 0 Å². The Bertz CT molecular complexity index is 837. The number of hydrogen-bond donors (Lipinski definition) is 1. The van der Waals surface area contributed by atoms with Gasteiger partial charge in [-0.15, -0.1) is 0 Å². The number of aryl methyl sites for hydroxylation is 1. The maximum Gasteiger partial charge on any atom is 0.274 e. The second kappa shape index (κ2) is 7.17. The number of benzene rings is 1. The van der Waals surface area contributed by atoms with Gasteiger partial charge in [-0.2, -0.15) is 0 Å². The summed E-state index contributed by atoms with van der Waals surface area (Å²) in [7, 11) is 0. The average Bonchev–Trinajstić information content (AvgIpc) is 2.95. The summed E-state index contributed by atoms with van der Waals surface area (Å²) >= 11 is 0. The highest BCUT2D eigenvalue weighted by atomic mass is 16.5. The zero-order chi connectivity index (χ0) is 16.9. The summed E-state index contributed by atoms with van der Waals surface area (Å²) in [6.07, 6.45) is 3.58. The van der Waals surface area contributed by atoms with Gasteiger partial charge in [-0.05, 0) is 49.7 Å². The number of amides is 1. The van der Waals surface area contributed by atoms with Crippen molar-refractivity contribution in [3.63, 3.8) is 0 Å². The van der Waals surface area contributed by atoms with Gasteiger partial charge in [0.2, 0.25) is 0 Å². The molecule has 5 heteroatoms.